The number of nitrogens with one attached hydrogen (secondary N) is 2. The number of alkyl halides is 3. The number of likely N-dealkylation sites (tertiary alicyclic amines) is 1. The molecule has 3 amide bonds. The third-order valence-corrected chi connectivity index (χ3v) is 6.85. The average molecular weight is 593 g/mol. The van der Waals surface area contributed by atoms with Crippen LogP contribution in [0.15, 0.2) is 42.6 Å². The third kappa shape index (κ3) is 7.89. The van der Waals surface area contributed by atoms with Crippen molar-refractivity contribution in [3.8, 4) is 5.75 Å². The van der Waals surface area contributed by atoms with Crippen LogP contribution >= 0.6 is 0 Å². The number of amides is 3. The largest absolute Gasteiger partial charge is 0.482 e. The van der Waals surface area contributed by atoms with Crippen molar-refractivity contribution in [2.45, 2.75) is 63.6 Å². The van der Waals surface area contributed by atoms with Crippen LogP contribution in [0.4, 0.5) is 18.0 Å². The summed E-state index contributed by atoms with van der Waals surface area (Å²) in [6.45, 7) is 4.06. The van der Waals surface area contributed by atoms with Gasteiger partial charge in [-0.15, -0.1) is 0 Å². The fourth-order valence-corrected chi connectivity index (χ4v) is 4.61. The van der Waals surface area contributed by atoms with E-state index >= 15 is 0 Å². The van der Waals surface area contributed by atoms with Gasteiger partial charge in [0.2, 0.25) is 6.10 Å². The Morgan fingerprint density at radius 1 is 1.12 bits per heavy atom. The van der Waals surface area contributed by atoms with Crippen molar-refractivity contribution in [2.75, 3.05) is 19.7 Å². The Kier molecular flexibility index (Phi) is 9.53. The van der Waals surface area contributed by atoms with Crippen LogP contribution in [0.1, 0.15) is 53.9 Å². The lowest BCUT2D eigenvalue weighted by Crippen LogP contribution is -2.50. The van der Waals surface area contributed by atoms with Crippen molar-refractivity contribution >= 4 is 23.9 Å². The summed E-state index contributed by atoms with van der Waals surface area (Å²) in [6, 6.07) is 8.32. The van der Waals surface area contributed by atoms with Crippen molar-refractivity contribution < 1.29 is 46.6 Å². The number of hydrogen-bond acceptors (Lipinski definition) is 8. The molecule has 226 valence electrons. The smallest absolute Gasteiger partial charge is 0.471 e. The summed E-state index contributed by atoms with van der Waals surface area (Å²) in [7, 11) is 0. The molecular formula is C28H31F3N4O7. The van der Waals surface area contributed by atoms with E-state index < -0.39 is 48.3 Å². The highest BCUT2D eigenvalue weighted by atomic mass is 19.4. The van der Waals surface area contributed by atoms with Crippen molar-refractivity contribution in [1.29, 1.82) is 0 Å². The van der Waals surface area contributed by atoms with E-state index in [9.17, 15) is 32.3 Å². The van der Waals surface area contributed by atoms with Crippen LogP contribution in [0.5, 0.6) is 5.75 Å². The van der Waals surface area contributed by atoms with Crippen molar-refractivity contribution in [1.82, 2.24) is 20.5 Å². The highest BCUT2D eigenvalue weighted by Gasteiger charge is 2.40. The standard InChI is InChI=1S/C28H31F3N4O7/c1-16-5-7-18(8-6-16)23(17(2)33-26(38)28(29,30)31)41-20-9-10-21(32-14-20)24(36)34-19-4-3-12-35(15-19)27(39)42-22-11-13-40-25(22)37/h5-10,14,17,19,22-23H,3-4,11-13,15H2,1-2H3,(H,33,38)(H,34,36)/t17?,19-,22+,23?/m0/s1. The summed E-state index contributed by atoms with van der Waals surface area (Å²) in [5.41, 5.74) is 1.52. The summed E-state index contributed by atoms with van der Waals surface area (Å²) in [5.74, 6) is -2.99. The van der Waals surface area contributed by atoms with Crippen LogP contribution in [0.3, 0.4) is 0 Å². The first-order valence-electron chi connectivity index (χ1n) is 13.4. The lowest BCUT2D eigenvalue weighted by molar-refractivity contribution is -0.174. The molecule has 0 aliphatic carbocycles. The van der Waals surface area contributed by atoms with Crippen molar-refractivity contribution in [3.05, 3.63) is 59.4 Å². The minimum absolute atomic E-state index is 0.0565. The number of nitrogens with zero attached hydrogens (tertiary/aromatic N) is 2. The number of aryl methyl sites for hydroxylation is 1. The van der Waals surface area contributed by atoms with Crippen LogP contribution in [0, 0.1) is 6.92 Å². The van der Waals surface area contributed by atoms with E-state index in [2.05, 4.69) is 10.3 Å². The molecule has 11 nitrogen and oxygen atoms in total. The molecule has 2 N–H and O–H groups in total. The van der Waals surface area contributed by atoms with Gasteiger partial charge in [-0.2, -0.15) is 13.2 Å². The molecule has 0 radical (unpaired) electrons. The van der Waals surface area contributed by atoms with Crippen LogP contribution in [-0.4, -0.2) is 77.8 Å². The highest BCUT2D eigenvalue weighted by Crippen LogP contribution is 2.26. The van der Waals surface area contributed by atoms with E-state index in [1.165, 1.54) is 30.2 Å². The Morgan fingerprint density at radius 2 is 1.86 bits per heavy atom. The zero-order chi connectivity index (χ0) is 30.4. The van der Waals surface area contributed by atoms with Crippen LogP contribution < -0.4 is 15.4 Å². The number of carbonyl (C=O) groups is 4. The van der Waals surface area contributed by atoms with E-state index in [4.69, 9.17) is 14.2 Å². The van der Waals surface area contributed by atoms with Gasteiger partial charge in [-0.1, -0.05) is 29.8 Å². The molecular weight excluding hydrogens is 561 g/mol. The van der Waals surface area contributed by atoms with Gasteiger partial charge in [0.15, 0.2) is 0 Å². The summed E-state index contributed by atoms with van der Waals surface area (Å²) in [6.07, 6.45) is -4.83. The molecule has 0 bridgehead atoms. The van der Waals surface area contributed by atoms with Crippen molar-refractivity contribution in [2.24, 2.45) is 0 Å². The number of ether oxygens (including phenoxy) is 3. The number of aromatic nitrogens is 1. The maximum atomic E-state index is 12.9. The molecule has 0 spiro atoms. The minimum Gasteiger partial charge on any atom is -0.482 e. The monoisotopic (exact) mass is 592 g/mol. The van der Waals surface area contributed by atoms with Crippen LogP contribution in [-0.2, 0) is 19.1 Å². The molecule has 42 heavy (non-hydrogen) atoms. The van der Waals surface area contributed by atoms with Gasteiger partial charge in [0.25, 0.3) is 5.91 Å². The second-order valence-electron chi connectivity index (χ2n) is 10.2. The van der Waals surface area contributed by atoms with Gasteiger partial charge in [0.1, 0.15) is 17.5 Å². The Morgan fingerprint density at radius 3 is 2.48 bits per heavy atom. The van der Waals surface area contributed by atoms with Crippen LogP contribution in [0.2, 0.25) is 0 Å². The number of halogens is 3. The van der Waals surface area contributed by atoms with Gasteiger partial charge in [-0.05, 0) is 44.4 Å². The van der Waals surface area contributed by atoms with Crippen molar-refractivity contribution in [3.63, 3.8) is 0 Å². The van der Waals surface area contributed by atoms with E-state index in [-0.39, 0.29) is 30.6 Å². The summed E-state index contributed by atoms with van der Waals surface area (Å²) < 4.78 is 54.5. The summed E-state index contributed by atoms with van der Waals surface area (Å²) in [5, 5.41) is 4.76. The molecule has 3 heterocycles. The number of rotatable bonds is 8. The van der Waals surface area contributed by atoms with E-state index in [0.717, 1.165) is 5.56 Å². The fraction of sp³-hybridized carbons (Fsp3) is 0.464. The zero-order valence-corrected chi connectivity index (χ0v) is 23.0. The minimum atomic E-state index is -5.05. The predicted molar refractivity (Wildman–Crippen MR) is 140 cm³/mol. The van der Waals surface area contributed by atoms with Gasteiger partial charge in [-0.3, -0.25) is 9.59 Å². The first kappa shape index (κ1) is 30.6. The molecule has 1 aromatic heterocycles. The maximum Gasteiger partial charge on any atom is 0.471 e. The number of esters is 1. The third-order valence-electron chi connectivity index (χ3n) is 6.85. The first-order valence-corrected chi connectivity index (χ1v) is 13.4. The fourth-order valence-electron chi connectivity index (χ4n) is 4.61. The van der Waals surface area contributed by atoms with Gasteiger partial charge >= 0.3 is 24.1 Å². The molecule has 2 aliphatic rings. The van der Waals surface area contributed by atoms with Crippen LogP contribution in [0.25, 0.3) is 0 Å². The number of piperidine rings is 1. The topological polar surface area (TPSA) is 136 Å². The Bertz CT molecular complexity index is 1290. The summed E-state index contributed by atoms with van der Waals surface area (Å²) in [4.78, 5) is 54.0. The molecule has 4 rings (SSSR count). The number of benzene rings is 1. The SMILES string of the molecule is Cc1ccc(C(Oc2ccc(C(=O)N[C@H]3CCCN(C(=O)O[C@@H]4CCOC4=O)C3)nc2)C(C)NC(=O)C(F)(F)F)cc1. The molecule has 2 saturated heterocycles. The van der Waals surface area contributed by atoms with Gasteiger partial charge in [0, 0.05) is 25.6 Å². The Balaban J connectivity index is 1.37. The average Bonchev–Trinajstić information content (AvgIpc) is 3.36. The predicted octanol–water partition coefficient (Wildman–Crippen LogP) is 3.22. The molecule has 4 atom stereocenters. The lowest BCUT2D eigenvalue weighted by Gasteiger charge is -2.32. The van der Waals surface area contributed by atoms with Gasteiger partial charge in [0.05, 0.1) is 18.8 Å². The molecule has 2 aromatic rings. The molecule has 2 unspecified atom stereocenters. The Hall–Kier alpha value is -4.36. The molecule has 14 heteroatoms. The number of carbonyl (C=O) groups excluding carboxylic acids is 4. The number of hydrogen-bond donors (Lipinski definition) is 2. The number of cyclic esters (lactones) is 1. The molecule has 2 aliphatic heterocycles. The quantitative estimate of drug-likeness (QED) is 0.446. The number of pyridine rings is 1. The highest BCUT2D eigenvalue weighted by molar-refractivity contribution is 5.92. The van der Waals surface area contributed by atoms with Gasteiger partial charge in [-0.25, -0.2) is 14.6 Å². The van der Waals surface area contributed by atoms with E-state index in [1.54, 1.807) is 24.3 Å². The molecule has 2 fully saturated rings. The second-order valence-corrected chi connectivity index (χ2v) is 10.2. The van der Waals surface area contributed by atoms with Gasteiger partial charge < -0.3 is 29.7 Å². The zero-order valence-electron chi connectivity index (χ0n) is 23.0. The lowest BCUT2D eigenvalue weighted by atomic mass is 10.0. The summed E-state index contributed by atoms with van der Waals surface area (Å²) >= 11 is 0. The Labute approximate surface area is 239 Å². The first-order chi connectivity index (χ1) is 19.9. The molecule has 1 aromatic carbocycles. The normalized spacial score (nSPS) is 20.2. The molecule has 0 saturated carbocycles. The maximum absolute atomic E-state index is 12.9. The second kappa shape index (κ2) is 13.1. The van der Waals surface area contributed by atoms with E-state index in [0.29, 0.717) is 31.4 Å². The van der Waals surface area contributed by atoms with E-state index in [1.807, 2.05) is 12.2 Å².